The van der Waals surface area contributed by atoms with Gasteiger partial charge in [0.15, 0.2) is 0 Å². The van der Waals surface area contributed by atoms with Gasteiger partial charge in [-0.2, -0.15) is 0 Å². The number of nitrogens with zero attached hydrogens (tertiary/aromatic N) is 1. The molecule has 0 atom stereocenters. The SMILES string of the molecule is COCCOCCOCCOCCOCCOCCOCCOCCOCCOCCOCCOc1ccc(N2C(=O)C=CC2=O)cc1. The first kappa shape index (κ1) is 41.6. The number of anilines is 1. The first-order chi connectivity index (χ1) is 23.7. The van der Waals surface area contributed by atoms with Crippen LogP contribution in [0.4, 0.5) is 5.69 Å². The summed E-state index contributed by atoms with van der Waals surface area (Å²) in [6, 6.07) is 6.74. The Balaban J connectivity index is 1.19. The zero-order valence-electron chi connectivity index (χ0n) is 28.2. The van der Waals surface area contributed by atoms with Crippen LogP contribution in [0.3, 0.4) is 0 Å². The van der Waals surface area contributed by atoms with Crippen LogP contribution in [0.25, 0.3) is 0 Å². The van der Waals surface area contributed by atoms with Crippen LogP contribution < -0.4 is 9.64 Å². The molecule has 1 aliphatic rings. The maximum absolute atomic E-state index is 11.7. The average Bonchev–Trinajstić information content (AvgIpc) is 3.44. The molecule has 0 unspecified atom stereocenters. The Kier molecular flexibility index (Phi) is 26.5. The molecule has 2 amide bonds. The summed E-state index contributed by atoms with van der Waals surface area (Å²) in [5.74, 6) is -0.0851. The molecular formula is C33H53NO14. The minimum absolute atomic E-state index is 0.353. The topological polar surface area (TPSA) is 148 Å². The van der Waals surface area contributed by atoms with Gasteiger partial charge in [-0.25, -0.2) is 4.90 Å². The lowest BCUT2D eigenvalue weighted by atomic mass is 10.3. The van der Waals surface area contributed by atoms with Crippen LogP contribution in [0.15, 0.2) is 36.4 Å². The van der Waals surface area contributed by atoms with Crippen molar-refractivity contribution < 1.29 is 66.4 Å². The van der Waals surface area contributed by atoms with E-state index in [9.17, 15) is 9.59 Å². The van der Waals surface area contributed by atoms with E-state index in [1.807, 2.05) is 0 Å². The van der Waals surface area contributed by atoms with Crippen molar-refractivity contribution in [3.05, 3.63) is 36.4 Å². The molecule has 0 radical (unpaired) electrons. The zero-order chi connectivity index (χ0) is 34.2. The molecule has 274 valence electrons. The van der Waals surface area contributed by atoms with Crippen molar-refractivity contribution in [3.63, 3.8) is 0 Å². The van der Waals surface area contributed by atoms with Gasteiger partial charge in [0.05, 0.1) is 144 Å². The number of hydrogen-bond donors (Lipinski definition) is 0. The Bertz CT molecular complexity index is 931. The molecule has 0 aromatic heterocycles. The van der Waals surface area contributed by atoms with E-state index in [4.69, 9.17) is 56.8 Å². The highest BCUT2D eigenvalue weighted by molar-refractivity contribution is 6.28. The molecule has 0 saturated carbocycles. The molecule has 0 aliphatic carbocycles. The van der Waals surface area contributed by atoms with Crippen LogP contribution in [0.5, 0.6) is 5.75 Å². The highest BCUT2D eigenvalue weighted by Crippen LogP contribution is 2.22. The summed E-state index contributed by atoms with van der Waals surface area (Å²) in [7, 11) is 1.64. The third kappa shape index (κ3) is 22.2. The lowest BCUT2D eigenvalue weighted by Crippen LogP contribution is -2.29. The quantitative estimate of drug-likeness (QED) is 0.0746. The third-order valence-electron chi connectivity index (χ3n) is 6.18. The van der Waals surface area contributed by atoms with Gasteiger partial charge >= 0.3 is 0 Å². The van der Waals surface area contributed by atoms with E-state index >= 15 is 0 Å². The van der Waals surface area contributed by atoms with Crippen molar-refractivity contribution >= 4 is 17.5 Å². The number of methoxy groups -OCH3 is 1. The van der Waals surface area contributed by atoms with Crippen molar-refractivity contribution in [2.75, 3.05) is 157 Å². The van der Waals surface area contributed by atoms with Gasteiger partial charge in [-0.05, 0) is 24.3 Å². The van der Waals surface area contributed by atoms with Crippen molar-refractivity contribution in [1.82, 2.24) is 0 Å². The fourth-order valence-electron chi connectivity index (χ4n) is 3.79. The summed E-state index contributed by atoms with van der Waals surface area (Å²) in [5.41, 5.74) is 0.503. The first-order valence-electron chi connectivity index (χ1n) is 16.3. The van der Waals surface area contributed by atoms with Crippen LogP contribution >= 0.6 is 0 Å². The Morgan fingerprint density at radius 2 is 0.667 bits per heavy atom. The molecule has 1 aliphatic heterocycles. The second kappa shape index (κ2) is 30.5. The van der Waals surface area contributed by atoms with E-state index < -0.39 is 0 Å². The summed E-state index contributed by atoms with van der Waals surface area (Å²) in [6.07, 6.45) is 2.50. The van der Waals surface area contributed by atoms with Crippen molar-refractivity contribution in [1.29, 1.82) is 0 Å². The number of ether oxygens (including phenoxy) is 12. The van der Waals surface area contributed by atoms with Crippen LogP contribution in [0.1, 0.15) is 0 Å². The highest BCUT2D eigenvalue weighted by atomic mass is 16.6. The van der Waals surface area contributed by atoms with Gasteiger partial charge in [0.25, 0.3) is 11.8 Å². The number of carbonyl (C=O) groups is 2. The van der Waals surface area contributed by atoms with Crippen molar-refractivity contribution in [2.45, 2.75) is 0 Å². The molecule has 0 fully saturated rings. The smallest absolute Gasteiger partial charge is 0.258 e. The Morgan fingerprint density at radius 1 is 0.396 bits per heavy atom. The highest BCUT2D eigenvalue weighted by Gasteiger charge is 2.24. The molecule has 1 aromatic rings. The molecule has 0 spiro atoms. The molecule has 48 heavy (non-hydrogen) atoms. The lowest BCUT2D eigenvalue weighted by Gasteiger charge is -2.14. The number of benzene rings is 1. The fraction of sp³-hybridized carbons (Fsp3) is 0.697. The van der Waals surface area contributed by atoms with E-state index in [2.05, 4.69) is 0 Å². The summed E-state index contributed by atoms with van der Waals surface area (Å²) in [6.45, 7) is 10.9. The van der Waals surface area contributed by atoms with E-state index in [0.29, 0.717) is 157 Å². The monoisotopic (exact) mass is 687 g/mol. The van der Waals surface area contributed by atoms with Crippen LogP contribution in [0, 0.1) is 0 Å². The second-order valence-electron chi connectivity index (χ2n) is 9.80. The van der Waals surface area contributed by atoms with E-state index in [1.165, 1.54) is 12.2 Å². The van der Waals surface area contributed by atoms with E-state index in [-0.39, 0.29) is 11.8 Å². The summed E-state index contributed by atoms with van der Waals surface area (Å²) >= 11 is 0. The normalized spacial score (nSPS) is 12.9. The van der Waals surface area contributed by atoms with Gasteiger partial charge in [-0.1, -0.05) is 0 Å². The number of hydrogen-bond acceptors (Lipinski definition) is 14. The average molecular weight is 688 g/mol. The fourth-order valence-corrected chi connectivity index (χ4v) is 3.79. The predicted molar refractivity (Wildman–Crippen MR) is 174 cm³/mol. The number of imide groups is 1. The third-order valence-corrected chi connectivity index (χ3v) is 6.18. The zero-order valence-corrected chi connectivity index (χ0v) is 28.2. The predicted octanol–water partition coefficient (Wildman–Crippen LogP) is 1.31. The molecule has 0 N–H and O–H groups in total. The lowest BCUT2D eigenvalue weighted by molar-refractivity contribution is -0.119. The van der Waals surface area contributed by atoms with Gasteiger partial charge in [0.1, 0.15) is 12.4 Å². The Hall–Kier alpha value is -2.54. The molecule has 0 saturated heterocycles. The number of rotatable bonds is 35. The van der Waals surface area contributed by atoms with E-state index in [1.54, 1.807) is 31.4 Å². The van der Waals surface area contributed by atoms with Gasteiger partial charge < -0.3 is 56.8 Å². The molecular weight excluding hydrogens is 634 g/mol. The maximum Gasteiger partial charge on any atom is 0.258 e. The molecule has 1 aromatic carbocycles. The number of amides is 2. The van der Waals surface area contributed by atoms with E-state index in [0.717, 1.165) is 4.90 Å². The largest absolute Gasteiger partial charge is 0.491 e. The molecule has 1 heterocycles. The van der Waals surface area contributed by atoms with Crippen LogP contribution in [-0.4, -0.2) is 164 Å². The number of carbonyl (C=O) groups excluding carboxylic acids is 2. The molecule has 15 nitrogen and oxygen atoms in total. The first-order valence-corrected chi connectivity index (χ1v) is 16.3. The summed E-state index contributed by atoms with van der Waals surface area (Å²) < 4.78 is 65.0. The Labute approximate surface area is 283 Å². The molecule has 2 rings (SSSR count). The Morgan fingerprint density at radius 3 is 0.958 bits per heavy atom. The minimum Gasteiger partial charge on any atom is -0.491 e. The second-order valence-corrected chi connectivity index (χ2v) is 9.80. The van der Waals surface area contributed by atoms with Gasteiger partial charge in [-0.3, -0.25) is 9.59 Å². The standard InChI is InChI=1S/C33H53NO14/c1-37-8-9-38-10-11-39-12-13-40-14-15-41-16-17-42-18-19-43-20-21-44-22-23-45-24-25-46-26-27-47-28-29-48-31-4-2-30(3-5-31)34-32(35)6-7-33(34)36/h2-7H,8-29H2,1H3. The maximum atomic E-state index is 11.7. The van der Waals surface area contributed by atoms with Crippen molar-refractivity contribution in [2.24, 2.45) is 0 Å². The van der Waals surface area contributed by atoms with Gasteiger partial charge in [-0.15, -0.1) is 0 Å². The minimum atomic E-state index is -0.353. The van der Waals surface area contributed by atoms with Gasteiger partial charge in [0.2, 0.25) is 0 Å². The summed E-state index contributed by atoms with van der Waals surface area (Å²) in [5, 5.41) is 0. The molecule has 15 heteroatoms. The van der Waals surface area contributed by atoms with Crippen LogP contribution in [0.2, 0.25) is 0 Å². The van der Waals surface area contributed by atoms with Crippen LogP contribution in [-0.2, 0) is 61.7 Å². The van der Waals surface area contributed by atoms with Gasteiger partial charge in [0, 0.05) is 19.3 Å². The molecule has 0 bridgehead atoms. The van der Waals surface area contributed by atoms with Crippen molar-refractivity contribution in [3.8, 4) is 5.75 Å². The summed E-state index contributed by atoms with van der Waals surface area (Å²) in [4.78, 5) is 24.6.